The van der Waals surface area contributed by atoms with Crippen molar-refractivity contribution in [3.63, 3.8) is 0 Å². The van der Waals surface area contributed by atoms with Crippen LogP contribution in [0.25, 0.3) is 0 Å². The molecule has 0 aliphatic carbocycles. The predicted octanol–water partition coefficient (Wildman–Crippen LogP) is 1.16. The Bertz CT molecular complexity index is 635. The molecule has 1 unspecified atom stereocenters. The van der Waals surface area contributed by atoms with Crippen LogP contribution in [0.3, 0.4) is 0 Å². The first-order valence-corrected chi connectivity index (χ1v) is 8.21. The smallest absolute Gasteiger partial charge is 0.322 e. The number of aliphatic carboxylic acids is 1. The van der Waals surface area contributed by atoms with Gasteiger partial charge in [0, 0.05) is 18.1 Å². The van der Waals surface area contributed by atoms with E-state index >= 15 is 0 Å². The molecule has 20 heavy (non-hydrogen) atoms. The third-order valence-corrected chi connectivity index (χ3v) is 5.79. The van der Waals surface area contributed by atoms with E-state index in [4.69, 9.17) is 5.11 Å². The minimum atomic E-state index is -4.16. The topological polar surface area (TPSA) is 74.7 Å². The van der Waals surface area contributed by atoms with Crippen LogP contribution in [0.15, 0.2) is 23.1 Å². The summed E-state index contributed by atoms with van der Waals surface area (Å²) >= 11 is 1.33. The van der Waals surface area contributed by atoms with Gasteiger partial charge in [-0.3, -0.25) is 4.79 Å². The summed E-state index contributed by atoms with van der Waals surface area (Å²) in [5.41, 5.74) is 0. The van der Waals surface area contributed by atoms with Crippen LogP contribution in [0.2, 0.25) is 0 Å². The first-order chi connectivity index (χ1) is 9.34. The van der Waals surface area contributed by atoms with E-state index in [0.29, 0.717) is 17.9 Å². The lowest BCUT2D eigenvalue weighted by Crippen LogP contribution is -2.50. The third kappa shape index (κ3) is 2.79. The summed E-state index contributed by atoms with van der Waals surface area (Å²) in [6, 6.07) is 0.989. The zero-order chi connectivity index (χ0) is 14.9. The molecule has 1 N–H and O–H groups in total. The van der Waals surface area contributed by atoms with E-state index < -0.39 is 38.6 Å². The number of benzene rings is 1. The standard InChI is InChI=1S/C11H11F2NO4S2/c12-8-2-1-7(5-9(8)13)20(17,18)14-3-4-19-6-10(14)11(15)16/h1-2,5,10H,3-4,6H2,(H,15,16). The summed E-state index contributed by atoms with van der Waals surface area (Å²) in [6.07, 6.45) is 0. The van der Waals surface area contributed by atoms with E-state index in [2.05, 4.69) is 0 Å². The molecule has 0 saturated carbocycles. The SMILES string of the molecule is O=C(O)C1CSCCN1S(=O)(=O)c1ccc(F)c(F)c1. The highest BCUT2D eigenvalue weighted by atomic mass is 32.2. The van der Waals surface area contributed by atoms with Crippen LogP contribution in [0.4, 0.5) is 8.78 Å². The van der Waals surface area contributed by atoms with E-state index in [0.717, 1.165) is 10.4 Å². The average Bonchev–Trinajstić information content (AvgIpc) is 2.41. The highest BCUT2D eigenvalue weighted by Gasteiger charge is 2.38. The Morgan fingerprint density at radius 2 is 2.05 bits per heavy atom. The number of hydrogen-bond acceptors (Lipinski definition) is 4. The highest BCUT2D eigenvalue weighted by molar-refractivity contribution is 7.99. The number of hydrogen-bond donors (Lipinski definition) is 1. The number of halogens is 2. The Kier molecular flexibility index (Phi) is 4.31. The van der Waals surface area contributed by atoms with Gasteiger partial charge in [0.25, 0.3) is 0 Å². The van der Waals surface area contributed by atoms with Crippen molar-refractivity contribution < 1.29 is 27.1 Å². The molecule has 0 radical (unpaired) electrons. The fourth-order valence-corrected chi connectivity index (χ4v) is 4.69. The van der Waals surface area contributed by atoms with Crippen molar-refractivity contribution >= 4 is 27.8 Å². The summed E-state index contributed by atoms with van der Waals surface area (Å²) in [6.45, 7) is 0.0168. The molecule has 1 aromatic carbocycles. The van der Waals surface area contributed by atoms with Gasteiger partial charge in [-0.1, -0.05) is 0 Å². The zero-order valence-electron chi connectivity index (χ0n) is 10.1. The summed E-state index contributed by atoms with van der Waals surface area (Å²) < 4.78 is 51.5. The van der Waals surface area contributed by atoms with E-state index in [9.17, 15) is 22.0 Å². The molecule has 0 amide bonds. The number of nitrogens with zero attached hydrogens (tertiary/aromatic N) is 1. The Hall–Kier alpha value is -1.19. The van der Waals surface area contributed by atoms with E-state index in [1.165, 1.54) is 11.8 Å². The largest absolute Gasteiger partial charge is 0.480 e. The molecule has 5 nitrogen and oxygen atoms in total. The fraction of sp³-hybridized carbons (Fsp3) is 0.364. The van der Waals surface area contributed by atoms with Gasteiger partial charge in [0.15, 0.2) is 11.6 Å². The molecule has 1 fully saturated rings. The van der Waals surface area contributed by atoms with Crippen LogP contribution < -0.4 is 0 Å². The van der Waals surface area contributed by atoms with Crippen LogP contribution in [0.1, 0.15) is 0 Å². The van der Waals surface area contributed by atoms with Crippen LogP contribution in [0.5, 0.6) is 0 Å². The molecule has 2 rings (SSSR count). The van der Waals surface area contributed by atoms with Crippen LogP contribution in [0, 0.1) is 11.6 Å². The third-order valence-electron chi connectivity index (χ3n) is 2.86. The van der Waals surface area contributed by atoms with E-state index in [1.54, 1.807) is 0 Å². The van der Waals surface area contributed by atoms with Crippen molar-refractivity contribution in [2.24, 2.45) is 0 Å². The maximum atomic E-state index is 13.2. The number of sulfonamides is 1. The van der Waals surface area contributed by atoms with Gasteiger partial charge in [0.05, 0.1) is 4.90 Å². The normalized spacial score (nSPS) is 20.8. The summed E-state index contributed by atoms with van der Waals surface area (Å²) in [4.78, 5) is 10.7. The van der Waals surface area contributed by atoms with Gasteiger partial charge in [0.2, 0.25) is 10.0 Å². The molecular weight excluding hydrogens is 312 g/mol. The van der Waals surface area contributed by atoms with Crippen molar-refractivity contribution in [3.8, 4) is 0 Å². The minimum Gasteiger partial charge on any atom is -0.480 e. The minimum absolute atomic E-state index is 0.0168. The Morgan fingerprint density at radius 1 is 1.35 bits per heavy atom. The Labute approximate surface area is 118 Å². The lowest BCUT2D eigenvalue weighted by molar-refractivity contribution is -0.140. The lowest BCUT2D eigenvalue weighted by atomic mass is 10.3. The number of carboxylic acids is 1. The first kappa shape index (κ1) is 15.2. The second kappa shape index (κ2) is 5.66. The van der Waals surface area contributed by atoms with Gasteiger partial charge in [-0.2, -0.15) is 16.1 Å². The molecule has 1 atom stereocenters. The average molecular weight is 323 g/mol. The molecular formula is C11H11F2NO4S2. The molecule has 1 saturated heterocycles. The Morgan fingerprint density at radius 3 is 2.65 bits per heavy atom. The molecule has 9 heteroatoms. The number of thioether (sulfide) groups is 1. The second-order valence-electron chi connectivity index (χ2n) is 4.12. The quantitative estimate of drug-likeness (QED) is 0.903. The molecule has 1 aliphatic heterocycles. The van der Waals surface area contributed by atoms with Gasteiger partial charge < -0.3 is 5.11 Å². The second-order valence-corrected chi connectivity index (χ2v) is 7.16. The van der Waals surface area contributed by atoms with Gasteiger partial charge in [-0.15, -0.1) is 0 Å². The van der Waals surface area contributed by atoms with Crippen LogP contribution in [-0.4, -0.2) is 47.9 Å². The summed E-state index contributed by atoms with van der Waals surface area (Å²) in [5.74, 6) is -3.13. The van der Waals surface area contributed by atoms with Crippen molar-refractivity contribution in [2.45, 2.75) is 10.9 Å². The number of carboxylic acid groups (broad SMARTS) is 1. The van der Waals surface area contributed by atoms with E-state index in [1.807, 2.05) is 0 Å². The van der Waals surface area contributed by atoms with Gasteiger partial charge in [0.1, 0.15) is 6.04 Å². The summed E-state index contributed by atoms with van der Waals surface area (Å²) in [7, 11) is -4.16. The molecule has 1 aliphatic rings. The van der Waals surface area contributed by atoms with Gasteiger partial charge in [-0.05, 0) is 18.2 Å². The Balaban J connectivity index is 2.42. The van der Waals surface area contributed by atoms with Crippen molar-refractivity contribution in [3.05, 3.63) is 29.8 Å². The monoisotopic (exact) mass is 323 g/mol. The van der Waals surface area contributed by atoms with E-state index in [-0.39, 0.29) is 12.3 Å². The molecule has 0 bridgehead atoms. The molecule has 1 aromatic rings. The van der Waals surface area contributed by atoms with Crippen molar-refractivity contribution in [1.29, 1.82) is 0 Å². The molecule has 1 heterocycles. The highest BCUT2D eigenvalue weighted by Crippen LogP contribution is 2.25. The van der Waals surface area contributed by atoms with Crippen molar-refractivity contribution in [2.75, 3.05) is 18.1 Å². The fourth-order valence-electron chi connectivity index (χ4n) is 1.84. The lowest BCUT2D eigenvalue weighted by Gasteiger charge is -2.31. The molecule has 0 aromatic heterocycles. The zero-order valence-corrected chi connectivity index (χ0v) is 11.8. The van der Waals surface area contributed by atoms with Gasteiger partial charge >= 0.3 is 5.97 Å². The molecule has 0 spiro atoms. The first-order valence-electron chi connectivity index (χ1n) is 5.61. The number of carbonyl (C=O) groups is 1. The van der Waals surface area contributed by atoms with Gasteiger partial charge in [-0.25, -0.2) is 17.2 Å². The van der Waals surface area contributed by atoms with Crippen LogP contribution in [-0.2, 0) is 14.8 Å². The maximum absolute atomic E-state index is 13.2. The summed E-state index contributed by atoms with van der Waals surface area (Å²) in [5, 5.41) is 9.06. The number of rotatable bonds is 3. The maximum Gasteiger partial charge on any atom is 0.322 e. The molecule has 110 valence electrons. The predicted molar refractivity (Wildman–Crippen MR) is 69.0 cm³/mol. The van der Waals surface area contributed by atoms with Crippen LogP contribution >= 0.6 is 11.8 Å². The van der Waals surface area contributed by atoms with Crippen molar-refractivity contribution in [1.82, 2.24) is 4.31 Å².